The average molecular weight is 394 g/mol. The van der Waals surface area contributed by atoms with Gasteiger partial charge >= 0.3 is 0 Å². The molecule has 3 fully saturated rings. The van der Waals surface area contributed by atoms with Crippen LogP contribution in [-0.4, -0.2) is 61.8 Å². The Labute approximate surface area is 159 Å². The number of hydrogen-bond donors (Lipinski definition) is 1. The van der Waals surface area contributed by atoms with Gasteiger partial charge in [-0.3, -0.25) is 10.1 Å². The number of nitrogens with zero attached hydrogens (tertiary/aromatic N) is 3. The van der Waals surface area contributed by atoms with Crippen molar-refractivity contribution in [3.8, 4) is 0 Å². The van der Waals surface area contributed by atoms with Gasteiger partial charge in [0.15, 0.2) is 0 Å². The van der Waals surface area contributed by atoms with E-state index in [0.717, 1.165) is 25.7 Å². The molecule has 1 saturated heterocycles. The van der Waals surface area contributed by atoms with Crippen molar-refractivity contribution in [3.05, 3.63) is 28.3 Å². The first kappa shape index (κ1) is 18.6. The Hall–Kier alpha value is -1.71. The largest absolute Gasteiger partial charge is 0.376 e. The SMILES string of the molecule is CN1CCN(S(=O)(=O)c2ccc(NC(C3CC3)C3CC3)c([N+](=O)[O-])c2)CC1. The van der Waals surface area contributed by atoms with Gasteiger partial charge in [-0.25, -0.2) is 8.42 Å². The average Bonchev–Trinajstić information content (AvgIpc) is 3.54. The molecule has 0 bridgehead atoms. The van der Waals surface area contributed by atoms with Gasteiger partial charge in [-0.1, -0.05) is 0 Å². The third-order valence-corrected chi connectivity index (χ3v) is 7.74. The van der Waals surface area contributed by atoms with Gasteiger partial charge in [0.05, 0.1) is 9.82 Å². The van der Waals surface area contributed by atoms with Crippen molar-refractivity contribution in [2.24, 2.45) is 11.8 Å². The van der Waals surface area contributed by atoms with Crippen LogP contribution in [0.4, 0.5) is 11.4 Å². The van der Waals surface area contributed by atoms with E-state index in [0.29, 0.717) is 43.7 Å². The Morgan fingerprint density at radius 2 is 1.70 bits per heavy atom. The van der Waals surface area contributed by atoms with Gasteiger partial charge in [0.25, 0.3) is 5.69 Å². The Bertz CT molecular complexity index is 816. The maximum Gasteiger partial charge on any atom is 0.293 e. The molecule has 1 aromatic carbocycles. The fourth-order valence-electron chi connectivity index (χ4n) is 3.83. The predicted octanol–water partition coefficient (Wildman–Crippen LogP) is 2.13. The van der Waals surface area contributed by atoms with Gasteiger partial charge in [0.2, 0.25) is 10.0 Å². The van der Waals surface area contributed by atoms with Crippen LogP contribution in [0.15, 0.2) is 23.1 Å². The molecule has 2 saturated carbocycles. The van der Waals surface area contributed by atoms with E-state index in [-0.39, 0.29) is 16.6 Å². The first-order valence-corrected chi connectivity index (χ1v) is 11.0. The molecular weight excluding hydrogens is 368 g/mol. The summed E-state index contributed by atoms with van der Waals surface area (Å²) in [5.74, 6) is 1.18. The zero-order valence-electron chi connectivity index (χ0n) is 15.5. The lowest BCUT2D eigenvalue weighted by atomic mass is 10.1. The number of nitrogens with one attached hydrogen (secondary N) is 1. The summed E-state index contributed by atoms with van der Waals surface area (Å²) >= 11 is 0. The summed E-state index contributed by atoms with van der Waals surface area (Å²) in [7, 11) is -1.77. The van der Waals surface area contributed by atoms with Crippen molar-refractivity contribution < 1.29 is 13.3 Å². The van der Waals surface area contributed by atoms with Crippen LogP contribution in [0, 0.1) is 22.0 Å². The molecule has 27 heavy (non-hydrogen) atoms. The Morgan fingerprint density at radius 1 is 1.11 bits per heavy atom. The normalized spacial score (nSPS) is 22.1. The third kappa shape index (κ3) is 3.95. The number of sulfonamides is 1. The standard InChI is InChI=1S/C18H26N4O4S/c1-20-8-10-21(11-9-20)27(25,26)15-6-7-16(17(12-15)22(23)24)19-18(13-2-3-13)14-4-5-14/h6-7,12-14,18-19H,2-5,8-11H2,1H3. The number of nitro groups is 1. The first-order chi connectivity index (χ1) is 12.9. The van der Waals surface area contributed by atoms with Gasteiger partial charge in [-0.15, -0.1) is 0 Å². The van der Waals surface area contributed by atoms with Crippen LogP contribution in [0.25, 0.3) is 0 Å². The Balaban J connectivity index is 1.59. The van der Waals surface area contributed by atoms with E-state index in [2.05, 4.69) is 10.2 Å². The lowest BCUT2D eigenvalue weighted by Crippen LogP contribution is -2.47. The fourth-order valence-corrected chi connectivity index (χ4v) is 5.28. The molecule has 0 radical (unpaired) electrons. The van der Waals surface area contributed by atoms with Gasteiger partial charge in [-0.05, 0) is 56.7 Å². The number of nitro benzene ring substituents is 1. The minimum atomic E-state index is -3.72. The number of likely N-dealkylation sites (N-methyl/N-ethyl adjacent to an activating group) is 1. The van der Waals surface area contributed by atoms with Crippen molar-refractivity contribution in [1.29, 1.82) is 0 Å². The van der Waals surface area contributed by atoms with Crippen LogP contribution in [0.3, 0.4) is 0 Å². The van der Waals surface area contributed by atoms with Crippen molar-refractivity contribution in [2.45, 2.75) is 36.6 Å². The van der Waals surface area contributed by atoms with Crippen LogP contribution in [0.1, 0.15) is 25.7 Å². The van der Waals surface area contributed by atoms with Gasteiger partial charge in [0.1, 0.15) is 5.69 Å². The number of benzene rings is 1. The third-order valence-electron chi connectivity index (χ3n) is 5.85. The van der Waals surface area contributed by atoms with Gasteiger partial charge < -0.3 is 10.2 Å². The van der Waals surface area contributed by atoms with Crippen LogP contribution in [0.5, 0.6) is 0 Å². The monoisotopic (exact) mass is 394 g/mol. The van der Waals surface area contributed by atoms with E-state index < -0.39 is 14.9 Å². The topological polar surface area (TPSA) is 95.8 Å². The Morgan fingerprint density at radius 3 is 2.22 bits per heavy atom. The predicted molar refractivity (Wildman–Crippen MR) is 102 cm³/mol. The van der Waals surface area contributed by atoms with E-state index in [1.807, 2.05) is 7.05 Å². The number of rotatable bonds is 7. The highest BCUT2D eigenvalue weighted by Gasteiger charge is 2.42. The molecule has 0 unspecified atom stereocenters. The summed E-state index contributed by atoms with van der Waals surface area (Å²) in [6.45, 7) is 2.12. The maximum atomic E-state index is 12.9. The highest BCUT2D eigenvalue weighted by atomic mass is 32.2. The minimum Gasteiger partial charge on any atom is -0.376 e. The number of anilines is 1. The lowest BCUT2D eigenvalue weighted by Gasteiger charge is -2.31. The van der Waals surface area contributed by atoms with Crippen molar-refractivity contribution >= 4 is 21.4 Å². The summed E-state index contributed by atoms with van der Waals surface area (Å²) in [6.07, 6.45) is 4.66. The zero-order valence-corrected chi connectivity index (χ0v) is 16.3. The molecule has 0 amide bonds. The highest BCUT2D eigenvalue weighted by molar-refractivity contribution is 7.89. The molecule has 1 N–H and O–H groups in total. The maximum absolute atomic E-state index is 12.9. The summed E-state index contributed by atoms with van der Waals surface area (Å²) in [5.41, 5.74) is 0.276. The van der Waals surface area contributed by atoms with Gasteiger partial charge in [0, 0.05) is 38.3 Å². The van der Waals surface area contributed by atoms with E-state index in [1.165, 1.54) is 16.4 Å². The minimum absolute atomic E-state index is 0.00121. The molecule has 9 heteroatoms. The molecular formula is C18H26N4O4S. The highest BCUT2D eigenvalue weighted by Crippen LogP contribution is 2.46. The van der Waals surface area contributed by atoms with Crippen LogP contribution < -0.4 is 5.32 Å². The second-order valence-corrected chi connectivity index (χ2v) is 9.93. The zero-order chi connectivity index (χ0) is 19.2. The van der Waals surface area contributed by atoms with Crippen molar-refractivity contribution in [1.82, 2.24) is 9.21 Å². The van der Waals surface area contributed by atoms with E-state index >= 15 is 0 Å². The smallest absolute Gasteiger partial charge is 0.293 e. The molecule has 2 aliphatic carbocycles. The summed E-state index contributed by atoms with van der Waals surface area (Å²) in [6, 6.07) is 4.55. The molecule has 0 aromatic heterocycles. The van der Waals surface area contributed by atoms with Crippen LogP contribution >= 0.6 is 0 Å². The fraction of sp³-hybridized carbons (Fsp3) is 0.667. The van der Waals surface area contributed by atoms with Crippen molar-refractivity contribution in [3.63, 3.8) is 0 Å². The molecule has 8 nitrogen and oxygen atoms in total. The van der Waals surface area contributed by atoms with Crippen LogP contribution in [-0.2, 0) is 10.0 Å². The summed E-state index contributed by atoms with van der Waals surface area (Å²) in [5, 5.41) is 15.0. The van der Waals surface area contributed by atoms with E-state index in [1.54, 1.807) is 6.07 Å². The molecule has 1 aromatic rings. The van der Waals surface area contributed by atoms with Crippen LogP contribution in [0.2, 0.25) is 0 Å². The van der Waals surface area contributed by atoms with Gasteiger partial charge in [-0.2, -0.15) is 4.31 Å². The molecule has 0 spiro atoms. The summed E-state index contributed by atoms with van der Waals surface area (Å²) < 4.78 is 27.2. The molecule has 3 aliphatic rings. The molecule has 1 aliphatic heterocycles. The number of hydrogen-bond acceptors (Lipinski definition) is 6. The molecule has 0 atom stereocenters. The quantitative estimate of drug-likeness (QED) is 0.562. The van der Waals surface area contributed by atoms with Crippen molar-refractivity contribution in [2.75, 3.05) is 38.5 Å². The molecule has 148 valence electrons. The second-order valence-electron chi connectivity index (χ2n) is 7.99. The van der Waals surface area contributed by atoms with E-state index in [4.69, 9.17) is 0 Å². The lowest BCUT2D eigenvalue weighted by molar-refractivity contribution is -0.384. The number of piperazine rings is 1. The first-order valence-electron chi connectivity index (χ1n) is 9.60. The molecule has 4 rings (SSSR count). The Kier molecular flexibility index (Phi) is 4.85. The second kappa shape index (κ2) is 7.03. The summed E-state index contributed by atoms with van der Waals surface area (Å²) in [4.78, 5) is 13.2. The molecule has 1 heterocycles. The van der Waals surface area contributed by atoms with E-state index in [9.17, 15) is 18.5 Å².